The number of imide groups is 1. The first-order valence-corrected chi connectivity index (χ1v) is 11.0. The number of carbonyl (C=O) groups excluding carboxylic acids is 3. The van der Waals surface area contributed by atoms with Crippen molar-refractivity contribution in [3.8, 4) is 0 Å². The van der Waals surface area contributed by atoms with Crippen molar-refractivity contribution in [2.24, 2.45) is 5.92 Å². The first-order valence-electron chi connectivity index (χ1n) is 11.0. The Morgan fingerprint density at radius 2 is 1.79 bits per heavy atom. The van der Waals surface area contributed by atoms with Crippen molar-refractivity contribution < 1.29 is 19.0 Å². The highest BCUT2D eigenvalue weighted by Gasteiger charge is 2.52. The Morgan fingerprint density at radius 3 is 2.62 bits per heavy atom. The molecule has 2 fully saturated rings. The maximum atomic E-state index is 13.4. The average molecular weight is 394 g/mol. The second kappa shape index (κ2) is 7.39. The molecule has 0 bridgehead atoms. The van der Waals surface area contributed by atoms with Gasteiger partial charge < -0.3 is 4.90 Å². The second-order valence-corrected chi connectivity index (χ2v) is 8.73. The van der Waals surface area contributed by atoms with E-state index in [9.17, 15) is 14.4 Å². The molecule has 0 N–H and O–H groups in total. The predicted molar refractivity (Wildman–Crippen MR) is 109 cm³/mol. The van der Waals surface area contributed by atoms with Crippen molar-refractivity contribution in [3.63, 3.8) is 0 Å². The van der Waals surface area contributed by atoms with Crippen LogP contribution in [0.5, 0.6) is 0 Å². The van der Waals surface area contributed by atoms with Crippen LogP contribution >= 0.6 is 0 Å². The summed E-state index contributed by atoms with van der Waals surface area (Å²) in [4.78, 5) is 43.1. The van der Waals surface area contributed by atoms with Crippen LogP contribution in [0.4, 0.5) is 10.5 Å². The molecule has 1 unspecified atom stereocenters. The van der Waals surface area contributed by atoms with Crippen LogP contribution in [0.15, 0.2) is 24.3 Å². The zero-order valence-corrected chi connectivity index (χ0v) is 16.8. The number of para-hydroxylation sites is 1. The number of hydrogen-bond acceptors (Lipinski definition) is 3. The van der Waals surface area contributed by atoms with Crippen LogP contribution < -0.4 is 4.90 Å². The minimum Gasteiger partial charge on any atom is -0.308 e. The van der Waals surface area contributed by atoms with Crippen LogP contribution in [0, 0.1) is 5.92 Å². The molecule has 5 rings (SSSR count). The SMILES string of the molecule is O=C(C[N+]1=C2CCCC2C(=O)N(C2CCCCC2)C1=O)N1CCc2ccccc21. The molecule has 1 aromatic rings. The number of rotatable bonds is 3. The third-order valence-corrected chi connectivity index (χ3v) is 7.07. The van der Waals surface area contributed by atoms with Crippen molar-refractivity contribution >= 4 is 29.2 Å². The van der Waals surface area contributed by atoms with Gasteiger partial charge in [-0.3, -0.25) is 4.79 Å². The van der Waals surface area contributed by atoms with Gasteiger partial charge in [-0.2, -0.15) is 14.3 Å². The van der Waals surface area contributed by atoms with Crippen LogP contribution in [0.25, 0.3) is 0 Å². The molecule has 6 nitrogen and oxygen atoms in total. The topological polar surface area (TPSA) is 60.7 Å². The Labute approximate surface area is 171 Å². The lowest BCUT2D eigenvalue weighted by atomic mass is 9.92. The van der Waals surface area contributed by atoms with Gasteiger partial charge in [0.15, 0.2) is 6.54 Å². The summed E-state index contributed by atoms with van der Waals surface area (Å²) in [6.45, 7) is 0.694. The molecular weight excluding hydrogens is 366 g/mol. The summed E-state index contributed by atoms with van der Waals surface area (Å²) in [5, 5.41) is 0. The van der Waals surface area contributed by atoms with Crippen LogP contribution in [0.3, 0.4) is 0 Å². The third-order valence-electron chi connectivity index (χ3n) is 7.07. The zero-order chi connectivity index (χ0) is 20.0. The molecule has 2 aliphatic carbocycles. The monoisotopic (exact) mass is 394 g/mol. The van der Waals surface area contributed by atoms with E-state index in [1.54, 1.807) is 9.48 Å². The first-order chi connectivity index (χ1) is 14.1. The quantitative estimate of drug-likeness (QED) is 0.740. The van der Waals surface area contributed by atoms with E-state index in [0.29, 0.717) is 6.54 Å². The minimum atomic E-state index is -0.268. The molecule has 4 aliphatic rings. The summed E-state index contributed by atoms with van der Waals surface area (Å²) in [6, 6.07) is 7.70. The summed E-state index contributed by atoms with van der Waals surface area (Å²) >= 11 is 0. The average Bonchev–Trinajstić information content (AvgIpc) is 3.39. The van der Waals surface area contributed by atoms with Gasteiger partial charge in [-0.25, -0.2) is 4.79 Å². The molecule has 2 aliphatic heterocycles. The van der Waals surface area contributed by atoms with E-state index in [-0.39, 0.29) is 36.3 Å². The fraction of sp³-hybridized carbons (Fsp3) is 0.565. The van der Waals surface area contributed by atoms with Gasteiger partial charge in [0.2, 0.25) is 0 Å². The molecule has 0 saturated heterocycles. The van der Waals surface area contributed by atoms with E-state index in [2.05, 4.69) is 6.07 Å². The Balaban J connectivity index is 1.43. The molecule has 1 atom stereocenters. The van der Waals surface area contributed by atoms with E-state index in [0.717, 1.165) is 62.8 Å². The van der Waals surface area contributed by atoms with E-state index in [1.165, 1.54) is 16.9 Å². The lowest BCUT2D eigenvalue weighted by Gasteiger charge is -2.32. The predicted octanol–water partition coefficient (Wildman–Crippen LogP) is 3.12. The van der Waals surface area contributed by atoms with E-state index in [1.807, 2.05) is 18.2 Å². The number of fused-ring (bicyclic) bond motifs is 2. The highest BCUT2D eigenvalue weighted by Crippen LogP contribution is 2.33. The van der Waals surface area contributed by atoms with Crippen LogP contribution in [0.2, 0.25) is 0 Å². The van der Waals surface area contributed by atoms with Gasteiger partial charge in [0, 0.05) is 18.7 Å². The zero-order valence-electron chi connectivity index (χ0n) is 16.8. The van der Waals surface area contributed by atoms with Gasteiger partial charge in [0.1, 0.15) is 12.0 Å². The fourth-order valence-corrected chi connectivity index (χ4v) is 5.59. The summed E-state index contributed by atoms with van der Waals surface area (Å²) in [5.74, 6) is -0.294. The molecule has 4 amide bonds. The van der Waals surface area contributed by atoms with Crippen molar-refractivity contribution in [3.05, 3.63) is 29.8 Å². The van der Waals surface area contributed by atoms with Crippen molar-refractivity contribution in [2.45, 2.75) is 63.8 Å². The van der Waals surface area contributed by atoms with Gasteiger partial charge in [0.25, 0.3) is 5.91 Å². The Morgan fingerprint density at radius 1 is 1.00 bits per heavy atom. The molecule has 2 heterocycles. The second-order valence-electron chi connectivity index (χ2n) is 8.73. The highest BCUT2D eigenvalue weighted by molar-refractivity contribution is 6.12. The van der Waals surface area contributed by atoms with Gasteiger partial charge >= 0.3 is 11.9 Å². The van der Waals surface area contributed by atoms with Crippen molar-refractivity contribution in [1.29, 1.82) is 0 Å². The first kappa shape index (κ1) is 18.5. The molecular formula is C23H28N3O3+. The van der Waals surface area contributed by atoms with E-state index < -0.39 is 0 Å². The van der Waals surface area contributed by atoms with Crippen molar-refractivity contribution in [1.82, 2.24) is 4.90 Å². The summed E-state index contributed by atoms with van der Waals surface area (Å²) in [6.07, 6.45) is 8.37. The Bertz CT molecular complexity index is 900. The summed E-state index contributed by atoms with van der Waals surface area (Å²) < 4.78 is 1.65. The molecule has 2 saturated carbocycles. The van der Waals surface area contributed by atoms with Crippen molar-refractivity contribution in [2.75, 3.05) is 18.0 Å². The summed E-state index contributed by atoms with van der Waals surface area (Å²) in [7, 11) is 0. The highest BCUT2D eigenvalue weighted by atomic mass is 16.2. The van der Waals surface area contributed by atoms with Crippen LogP contribution in [-0.2, 0) is 16.0 Å². The van der Waals surface area contributed by atoms with Gasteiger partial charge in [-0.15, -0.1) is 0 Å². The van der Waals surface area contributed by atoms with Gasteiger partial charge in [-0.05, 0) is 56.6 Å². The third kappa shape index (κ3) is 3.09. The van der Waals surface area contributed by atoms with E-state index in [4.69, 9.17) is 0 Å². The number of urea groups is 1. The molecule has 152 valence electrons. The minimum absolute atomic E-state index is 0.00369. The normalized spacial score (nSPS) is 24.9. The molecule has 29 heavy (non-hydrogen) atoms. The van der Waals surface area contributed by atoms with Gasteiger partial charge in [-0.1, -0.05) is 24.6 Å². The number of amides is 4. The smallest absolute Gasteiger partial charge is 0.308 e. The molecule has 0 aromatic heterocycles. The standard InChI is InChI=1S/C23H28N3O3/c27-21(24-14-13-16-7-4-5-11-19(16)24)15-25-20-12-6-10-18(20)22(28)26(23(25)29)17-8-2-1-3-9-17/h4-5,7,11,17-18H,1-3,6,8-10,12-15H2/q+1. The summed E-state index contributed by atoms with van der Waals surface area (Å²) in [5.41, 5.74) is 3.00. The van der Waals surface area contributed by atoms with E-state index >= 15 is 0 Å². The van der Waals surface area contributed by atoms with Crippen LogP contribution in [0.1, 0.15) is 56.9 Å². The molecule has 0 radical (unpaired) electrons. The molecule has 6 heteroatoms. The maximum absolute atomic E-state index is 13.4. The Kier molecular flexibility index (Phi) is 4.72. The number of nitrogens with zero attached hydrogens (tertiary/aromatic N) is 3. The molecule has 1 aromatic carbocycles. The molecule has 0 spiro atoms. The van der Waals surface area contributed by atoms with Crippen LogP contribution in [-0.4, -0.2) is 52.2 Å². The number of anilines is 1. The lowest BCUT2D eigenvalue weighted by molar-refractivity contribution is -0.431. The fourth-order valence-electron chi connectivity index (χ4n) is 5.59. The number of hydrogen-bond donors (Lipinski definition) is 0. The number of carbonyl (C=O) groups is 3. The van der Waals surface area contributed by atoms with Gasteiger partial charge in [0.05, 0.1) is 5.71 Å². The number of benzene rings is 1. The Hall–Kier alpha value is -2.50. The largest absolute Gasteiger partial charge is 0.501 e. The maximum Gasteiger partial charge on any atom is 0.501 e. The lowest BCUT2D eigenvalue weighted by Crippen LogP contribution is -2.58.